The minimum Gasteiger partial charge on any atom is -0.506 e. The van der Waals surface area contributed by atoms with Crippen molar-refractivity contribution in [2.24, 2.45) is 0 Å². The van der Waals surface area contributed by atoms with E-state index in [1.54, 1.807) is 12.1 Å². The van der Waals surface area contributed by atoms with Crippen molar-refractivity contribution < 1.29 is 9.90 Å². The van der Waals surface area contributed by atoms with Crippen LogP contribution >= 0.6 is 11.6 Å². The van der Waals surface area contributed by atoms with Gasteiger partial charge in [0.15, 0.2) is 0 Å². The number of carbonyl (C=O) groups is 1. The summed E-state index contributed by atoms with van der Waals surface area (Å²) in [6.45, 7) is 1.50. The molecular formula is C19H21ClN2O2. The molecule has 3 rings (SSSR count). The molecule has 0 aliphatic carbocycles. The summed E-state index contributed by atoms with van der Waals surface area (Å²) in [4.78, 5) is 14.5. The predicted molar refractivity (Wildman–Crippen MR) is 96.5 cm³/mol. The van der Waals surface area contributed by atoms with Gasteiger partial charge in [-0.05, 0) is 42.7 Å². The van der Waals surface area contributed by atoms with Crippen LogP contribution in [-0.4, -0.2) is 35.0 Å². The van der Waals surface area contributed by atoms with Gasteiger partial charge in [0.05, 0.1) is 11.4 Å². The highest BCUT2D eigenvalue weighted by Crippen LogP contribution is 2.24. The molecule has 0 saturated carbocycles. The van der Waals surface area contributed by atoms with E-state index in [2.05, 4.69) is 5.32 Å². The molecule has 5 heteroatoms. The second-order valence-electron chi connectivity index (χ2n) is 6.15. The standard InChI is InChI=1S/C19H21ClN2O2/c20-17-11-14(8-9-18(17)23)12-19(24)22-10-4-7-16(13-22)21-15-5-2-1-3-6-15/h1-3,5-6,8-9,11,16,21,23H,4,7,10,12-13H2. The van der Waals surface area contributed by atoms with Crippen molar-refractivity contribution >= 4 is 23.2 Å². The van der Waals surface area contributed by atoms with Crippen molar-refractivity contribution in [1.29, 1.82) is 0 Å². The zero-order valence-corrected chi connectivity index (χ0v) is 14.2. The van der Waals surface area contributed by atoms with E-state index in [1.165, 1.54) is 6.07 Å². The largest absolute Gasteiger partial charge is 0.506 e. The number of likely N-dealkylation sites (tertiary alicyclic amines) is 1. The van der Waals surface area contributed by atoms with Crippen LogP contribution in [0.15, 0.2) is 48.5 Å². The van der Waals surface area contributed by atoms with Crippen molar-refractivity contribution in [1.82, 2.24) is 4.90 Å². The van der Waals surface area contributed by atoms with Crippen LogP contribution in [0.1, 0.15) is 18.4 Å². The molecule has 1 aliphatic heterocycles. The van der Waals surface area contributed by atoms with E-state index in [1.807, 2.05) is 35.2 Å². The highest BCUT2D eigenvalue weighted by molar-refractivity contribution is 6.32. The number of anilines is 1. The number of benzene rings is 2. The first kappa shape index (κ1) is 16.7. The lowest BCUT2D eigenvalue weighted by atomic mass is 10.0. The van der Waals surface area contributed by atoms with Gasteiger partial charge in [-0.3, -0.25) is 4.79 Å². The van der Waals surface area contributed by atoms with Gasteiger partial charge in [-0.2, -0.15) is 0 Å². The Morgan fingerprint density at radius 2 is 2.04 bits per heavy atom. The van der Waals surface area contributed by atoms with Gasteiger partial charge in [0, 0.05) is 24.8 Å². The molecule has 2 aromatic carbocycles. The minimum absolute atomic E-state index is 0.0398. The lowest BCUT2D eigenvalue weighted by Gasteiger charge is -2.34. The zero-order valence-electron chi connectivity index (χ0n) is 13.4. The number of hydrogen-bond acceptors (Lipinski definition) is 3. The van der Waals surface area contributed by atoms with Gasteiger partial charge in [0.25, 0.3) is 0 Å². The molecule has 1 atom stereocenters. The molecule has 1 fully saturated rings. The molecule has 1 saturated heterocycles. The van der Waals surface area contributed by atoms with Crippen LogP contribution in [0.5, 0.6) is 5.75 Å². The summed E-state index contributed by atoms with van der Waals surface area (Å²) in [5.74, 6) is 0.134. The molecule has 0 spiro atoms. The van der Waals surface area contributed by atoms with E-state index in [4.69, 9.17) is 11.6 Å². The van der Waals surface area contributed by atoms with Crippen LogP contribution < -0.4 is 5.32 Å². The summed E-state index contributed by atoms with van der Waals surface area (Å²) in [5, 5.41) is 13.2. The fourth-order valence-corrected chi connectivity index (χ4v) is 3.24. The molecule has 2 aromatic rings. The maximum Gasteiger partial charge on any atom is 0.227 e. The van der Waals surface area contributed by atoms with Gasteiger partial charge in [0.1, 0.15) is 5.75 Å². The molecule has 4 nitrogen and oxygen atoms in total. The first-order chi connectivity index (χ1) is 11.6. The summed E-state index contributed by atoms with van der Waals surface area (Å²) >= 11 is 5.91. The SMILES string of the molecule is O=C(Cc1ccc(O)c(Cl)c1)N1CCCC(Nc2ccccc2)C1. The lowest BCUT2D eigenvalue weighted by molar-refractivity contribution is -0.131. The number of para-hydroxylation sites is 1. The smallest absolute Gasteiger partial charge is 0.227 e. The number of nitrogens with one attached hydrogen (secondary N) is 1. The van der Waals surface area contributed by atoms with Gasteiger partial charge in [0.2, 0.25) is 5.91 Å². The van der Waals surface area contributed by atoms with E-state index < -0.39 is 0 Å². The van der Waals surface area contributed by atoms with E-state index in [-0.39, 0.29) is 22.7 Å². The third-order valence-electron chi connectivity index (χ3n) is 4.29. The van der Waals surface area contributed by atoms with Gasteiger partial charge < -0.3 is 15.3 Å². The lowest BCUT2D eigenvalue weighted by Crippen LogP contribution is -2.45. The van der Waals surface area contributed by atoms with Crippen LogP contribution in [0.4, 0.5) is 5.69 Å². The average molecular weight is 345 g/mol. The normalized spacial score (nSPS) is 17.5. The number of aromatic hydroxyl groups is 1. The maximum absolute atomic E-state index is 12.6. The molecule has 0 aromatic heterocycles. The number of nitrogens with zero attached hydrogens (tertiary/aromatic N) is 1. The van der Waals surface area contributed by atoms with Gasteiger partial charge in [-0.15, -0.1) is 0 Å². The summed E-state index contributed by atoms with van der Waals surface area (Å²) in [7, 11) is 0. The third kappa shape index (κ3) is 4.20. The zero-order chi connectivity index (χ0) is 16.9. The summed E-state index contributed by atoms with van der Waals surface area (Å²) in [5.41, 5.74) is 1.91. The Morgan fingerprint density at radius 1 is 1.25 bits per heavy atom. The summed E-state index contributed by atoms with van der Waals surface area (Å²) in [6, 6.07) is 15.3. The second-order valence-corrected chi connectivity index (χ2v) is 6.56. The number of amides is 1. The Bertz CT molecular complexity index is 706. The van der Waals surface area contributed by atoms with Crippen molar-refractivity contribution in [3.8, 4) is 5.75 Å². The van der Waals surface area contributed by atoms with Crippen molar-refractivity contribution in [2.45, 2.75) is 25.3 Å². The quantitative estimate of drug-likeness (QED) is 0.889. The molecule has 0 bridgehead atoms. The molecule has 1 unspecified atom stereocenters. The average Bonchev–Trinajstić information content (AvgIpc) is 2.59. The maximum atomic E-state index is 12.6. The predicted octanol–water partition coefficient (Wildman–Crippen LogP) is 3.69. The fraction of sp³-hybridized carbons (Fsp3) is 0.316. The van der Waals surface area contributed by atoms with Gasteiger partial charge >= 0.3 is 0 Å². The molecule has 24 heavy (non-hydrogen) atoms. The van der Waals surface area contributed by atoms with Crippen molar-refractivity contribution in [3.05, 3.63) is 59.1 Å². The van der Waals surface area contributed by atoms with Crippen LogP contribution in [0.25, 0.3) is 0 Å². The molecule has 2 N–H and O–H groups in total. The van der Waals surface area contributed by atoms with Crippen LogP contribution in [0.2, 0.25) is 5.02 Å². The van der Waals surface area contributed by atoms with E-state index in [0.29, 0.717) is 13.0 Å². The molecule has 1 aliphatic rings. The Labute approximate surface area is 147 Å². The first-order valence-electron chi connectivity index (χ1n) is 8.18. The Kier molecular flexibility index (Phi) is 5.26. The number of rotatable bonds is 4. The van der Waals surface area contributed by atoms with E-state index >= 15 is 0 Å². The highest BCUT2D eigenvalue weighted by Gasteiger charge is 2.23. The molecule has 126 valence electrons. The van der Waals surface area contributed by atoms with Gasteiger partial charge in [-0.1, -0.05) is 35.9 Å². The fourth-order valence-electron chi connectivity index (χ4n) is 3.04. The Hall–Kier alpha value is -2.20. The Balaban J connectivity index is 1.59. The highest BCUT2D eigenvalue weighted by atomic mass is 35.5. The number of halogens is 1. The number of piperidine rings is 1. The third-order valence-corrected chi connectivity index (χ3v) is 4.59. The summed E-state index contributed by atoms with van der Waals surface area (Å²) < 4.78 is 0. The first-order valence-corrected chi connectivity index (χ1v) is 8.56. The topological polar surface area (TPSA) is 52.6 Å². The molecular weight excluding hydrogens is 324 g/mol. The monoisotopic (exact) mass is 344 g/mol. The number of phenols is 1. The van der Waals surface area contributed by atoms with Crippen LogP contribution in [0.3, 0.4) is 0 Å². The second kappa shape index (κ2) is 7.58. The number of carbonyl (C=O) groups excluding carboxylic acids is 1. The van der Waals surface area contributed by atoms with E-state index in [0.717, 1.165) is 30.6 Å². The minimum atomic E-state index is 0.0398. The molecule has 1 heterocycles. The van der Waals surface area contributed by atoms with Crippen LogP contribution in [-0.2, 0) is 11.2 Å². The van der Waals surface area contributed by atoms with Crippen molar-refractivity contribution in [3.63, 3.8) is 0 Å². The summed E-state index contributed by atoms with van der Waals surface area (Å²) in [6.07, 6.45) is 2.36. The van der Waals surface area contributed by atoms with Crippen molar-refractivity contribution in [2.75, 3.05) is 18.4 Å². The number of phenolic OH excluding ortho intramolecular Hbond substituents is 1. The Morgan fingerprint density at radius 3 is 2.79 bits per heavy atom. The molecule has 0 radical (unpaired) electrons. The van der Waals surface area contributed by atoms with E-state index in [9.17, 15) is 9.90 Å². The molecule has 1 amide bonds. The van der Waals surface area contributed by atoms with Crippen LogP contribution in [0, 0.1) is 0 Å². The number of hydrogen-bond donors (Lipinski definition) is 2. The van der Waals surface area contributed by atoms with Gasteiger partial charge in [-0.25, -0.2) is 0 Å².